The highest BCUT2D eigenvalue weighted by molar-refractivity contribution is 7.99. The maximum atomic E-state index is 11.8. The van der Waals surface area contributed by atoms with Gasteiger partial charge in [0.2, 0.25) is 5.91 Å². The van der Waals surface area contributed by atoms with Crippen LogP contribution in [0.2, 0.25) is 0 Å². The van der Waals surface area contributed by atoms with E-state index in [0.29, 0.717) is 17.0 Å². The van der Waals surface area contributed by atoms with E-state index in [2.05, 4.69) is 15.5 Å². The molecule has 2 aromatic rings. The number of amides is 1. The first-order valence-electron chi connectivity index (χ1n) is 6.93. The predicted octanol–water partition coefficient (Wildman–Crippen LogP) is 2.64. The summed E-state index contributed by atoms with van der Waals surface area (Å²) in [5.74, 6) is 2.07. The van der Waals surface area contributed by atoms with Crippen LogP contribution < -0.4 is 5.32 Å². The normalized spacial score (nSPS) is 15.9. The number of hydrogen-bond acceptors (Lipinski definition) is 6. The van der Waals surface area contributed by atoms with Crippen LogP contribution >= 0.6 is 11.8 Å². The van der Waals surface area contributed by atoms with E-state index in [1.165, 1.54) is 24.6 Å². The summed E-state index contributed by atoms with van der Waals surface area (Å²) in [7, 11) is 0. The van der Waals surface area contributed by atoms with Crippen LogP contribution in [0.25, 0.3) is 11.5 Å². The fourth-order valence-electron chi connectivity index (χ4n) is 2.12. The van der Waals surface area contributed by atoms with Gasteiger partial charge in [-0.25, -0.2) is 0 Å². The molecule has 0 aliphatic heterocycles. The fraction of sp³-hybridized carbons (Fsp3) is 0.500. The minimum Gasteiger partial charge on any atom is -0.469 e. The van der Waals surface area contributed by atoms with Crippen molar-refractivity contribution < 1.29 is 13.6 Å². The largest absolute Gasteiger partial charge is 0.469 e. The van der Waals surface area contributed by atoms with Gasteiger partial charge in [0.1, 0.15) is 5.76 Å². The van der Waals surface area contributed by atoms with E-state index in [1.54, 1.807) is 12.3 Å². The van der Waals surface area contributed by atoms with Crippen molar-refractivity contribution in [3.05, 3.63) is 18.1 Å². The van der Waals surface area contributed by atoms with Gasteiger partial charge in [0.05, 0.1) is 17.6 Å². The molecule has 7 heteroatoms. The van der Waals surface area contributed by atoms with Crippen molar-refractivity contribution >= 4 is 17.7 Å². The topological polar surface area (TPSA) is 81.2 Å². The molecule has 2 aromatic heterocycles. The Kier molecular flexibility index (Phi) is 4.01. The first-order valence-corrected chi connectivity index (χ1v) is 7.92. The second-order valence-electron chi connectivity index (χ2n) is 5.25. The van der Waals surface area contributed by atoms with Crippen molar-refractivity contribution in [2.45, 2.75) is 38.0 Å². The van der Waals surface area contributed by atoms with E-state index in [4.69, 9.17) is 8.83 Å². The predicted molar refractivity (Wildman–Crippen MR) is 77.8 cm³/mol. The molecule has 3 rings (SSSR count). The Morgan fingerprint density at radius 1 is 1.52 bits per heavy atom. The van der Waals surface area contributed by atoms with Crippen LogP contribution in [-0.4, -0.2) is 27.9 Å². The van der Waals surface area contributed by atoms with E-state index in [0.717, 1.165) is 11.3 Å². The molecule has 1 amide bonds. The van der Waals surface area contributed by atoms with Gasteiger partial charge >= 0.3 is 0 Å². The molecule has 21 heavy (non-hydrogen) atoms. The van der Waals surface area contributed by atoms with Gasteiger partial charge in [-0.2, -0.15) is 0 Å². The molecule has 2 heterocycles. The van der Waals surface area contributed by atoms with Crippen LogP contribution in [0.1, 0.15) is 25.5 Å². The maximum Gasteiger partial charge on any atom is 0.277 e. The fourth-order valence-corrected chi connectivity index (χ4v) is 2.70. The molecule has 0 radical (unpaired) electrons. The zero-order valence-electron chi connectivity index (χ0n) is 12.0. The van der Waals surface area contributed by atoms with E-state index in [9.17, 15) is 4.79 Å². The lowest BCUT2D eigenvalue weighted by molar-refractivity contribution is -0.119. The third kappa shape index (κ3) is 3.47. The molecule has 0 unspecified atom stereocenters. The highest BCUT2D eigenvalue weighted by Gasteiger charge is 2.28. The van der Waals surface area contributed by atoms with E-state index in [-0.39, 0.29) is 17.7 Å². The molecule has 0 bridgehead atoms. The number of thioether (sulfide) groups is 1. The van der Waals surface area contributed by atoms with Crippen molar-refractivity contribution in [2.24, 2.45) is 5.92 Å². The van der Waals surface area contributed by atoms with Crippen LogP contribution in [-0.2, 0) is 4.79 Å². The number of aromatic nitrogens is 2. The molecule has 1 saturated carbocycles. The van der Waals surface area contributed by atoms with E-state index >= 15 is 0 Å². The highest BCUT2D eigenvalue weighted by atomic mass is 32.2. The number of carbonyl (C=O) groups is 1. The summed E-state index contributed by atoms with van der Waals surface area (Å²) in [6.45, 7) is 3.88. The second kappa shape index (κ2) is 5.93. The van der Waals surface area contributed by atoms with Gasteiger partial charge in [-0.15, -0.1) is 10.2 Å². The summed E-state index contributed by atoms with van der Waals surface area (Å²) in [6, 6.07) is 2.03. The Bertz CT molecular complexity index is 633. The van der Waals surface area contributed by atoms with Gasteiger partial charge in [0, 0.05) is 6.04 Å². The Hall–Kier alpha value is -1.76. The summed E-state index contributed by atoms with van der Waals surface area (Å²) >= 11 is 1.24. The summed E-state index contributed by atoms with van der Waals surface area (Å²) < 4.78 is 10.7. The lowest BCUT2D eigenvalue weighted by Crippen LogP contribution is -2.35. The average molecular weight is 307 g/mol. The minimum absolute atomic E-state index is 0.00126. The minimum atomic E-state index is -0.00126. The van der Waals surface area contributed by atoms with Crippen molar-refractivity contribution in [3.8, 4) is 11.5 Å². The Balaban J connectivity index is 1.53. The Morgan fingerprint density at radius 3 is 3.00 bits per heavy atom. The van der Waals surface area contributed by atoms with Crippen molar-refractivity contribution in [1.29, 1.82) is 0 Å². The number of hydrogen-bond donors (Lipinski definition) is 1. The molecular formula is C14H17N3O3S. The number of furan rings is 1. The molecule has 112 valence electrons. The summed E-state index contributed by atoms with van der Waals surface area (Å²) in [4.78, 5) is 11.8. The lowest BCUT2D eigenvalue weighted by Gasteiger charge is -2.11. The molecule has 1 N–H and O–H groups in total. The molecule has 0 saturated heterocycles. The zero-order valence-corrected chi connectivity index (χ0v) is 12.8. The third-order valence-electron chi connectivity index (χ3n) is 3.54. The average Bonchev–Trinajstić information content (AvgIpc) is 3.07. The van der Waals surface area contributed by atoms with E-state index in [1.807, 2.05) is 13.8 Å². The Labute approximate surface area is 126 Å². The van der Waals surface area contributed by atoms with Crippen molar-refractivity contribution in [1.82, 2.24) is 15.5 Å². The van der Waals surface area contributed by atoms with Gasteiger partial charge in [-0.3, -0.25) is 4.79 Å². The molecule has 1 fully saturated rings. The van der Waals surface area contributed by atoms with Gasteiger partial charge < -0.3 is 14.2 Å². The van der Waals surface area contributed by atoms with Gasteiger partial charge in [-0.1, -0.05) is 11.8 Å². The summed E-state index contributed by atoms with van der Waals surface area (Å²) in [5, 5.41) is 11.3. The summed E-state index contributed by atoms with van der Waals surface area (Å²) in [6.07, 6.45) is 4.01. The SMILES string of the molecule is Cc1occc1-c1nnc(SCC(=O)N[C@H](C)C2CC2)o1. The molecule has 0 spiro atoms. The first-order chi connectivity index (χ1) is 10.1. The molecular weight excluding hydrogens is 290 g/mol. The molecule has 1 atom stereocenters. The molecule has 1 aliphatic carbocycles. The second-order valence-corrected chi connectivity index (χ2v) is 6.17. The van der Waals surface area contributed by atoms with Crippen molar-refractivity contribution in [3.63, 3.8) is 0 Å². The standard InChI is InChI=1S/C14H17N3O3S/c1-8(10-3-4-10)15-12(18)7-21-14-17-16-13(20-14)11-5-6-19-9(11)2/h5-6,8,10H,3-4,7H2,1-2H3,(H,15,18)/t8-/m1/s1. The number of rotatable bonds is 6. The maximum absolute atomic E-state index is 11.8. The highest BCUT2D eigenvalue weighted by Crippen LogP contribution is 2.32. The summed E-state index contributed by atoms with van der Waals surface area (Å²) in [5.41, 5.74) is 0.779. The van der Waals surface area contributed by atoms with Crippen molar-refractivity contribution in [2.75, 3.05) is 5.75 Å². The van der Waals surface area contributed by atoms with Crippen LogP contribution in [0.3, 0.4) is 0 Å². The molecule has 1 aliphatic rings. The quantitative estimate of drug-likeness (QED) is 0.826. The lowest BCUT2D eigenvalue weighted by atomic mass is 10.2. The third-order valence-corrected chi connectivity index (χ3v) is 4.36. The number of nitrogens with one attached hydrogen (secondary N) is 1. The smallest absolute Gasteiger partial charge is 0.277 e. The monoisotopic (exact) mass is 307 g/mol. The van der Waals surface area contributed by atoms with Gasteiger partial charge in [-0.05, 0) is 38.7 Å². The Morgan fingerprint density at radius 2 is 2.33 bits per heavy atom. The molecule has 6 nitrogen and oxygen atoms in total. The number of nitrogens with zero attached hydrogens (tertiary/aromatic N) is 2. The van der Waals surface area contributed by atoms with Crippen LogP contribution in [0.5, 0.6) is 0 Å². The van der Waals surface area contributed by atoms with Crippen LogP contribution in [0.15, 0.2) is 26.4 Å². The number of aryl methyl sites for hydroxylation is 1. The van der Waals surface area contributed by atoms with Gasteiger partial charge in [0.15, 0.2) is 0 Å². The first kappa shape index (κ1) is 14.2. The molecule has 0 aromatic carbocycles. The van der Waals surface area contributed by atoms with Crippen LogP contribution in [0.4, 0.5) is 0 Å². The van der Waals surface area contributed by atoms with Gasteiger partial charge in [0.25, 0.3) is 11.1 Å². The number of carbonyl (C=O) groups excluding carboxylic acids is 1. The van der Waals surface area contributed by atoms with Crippen LogP contribution in [0, 0.1) is 12.8 Å². The van der Waals surface area contributed by atoms with E-state index < -0.39 is 0 Å². The zero-order chi connectivity index (χ0) is 14.8.